The van der Waals surface area contributed by atoms with E-state index in [0.717, 1.165) is 4.47 Å². The SMILES string of the molecule is CC(C)CC(CO)NC(=O)CNC(=O)c1cccc(Br)c1. The lowest BCUT2D eigenvalue weighted by atomic mass is 10.0. The number of halogens is 1. The molecule has 0 aliphatic rings. The Morgan fingerprint density at radius 3 is 2.62 bits per heavy atom. The van der Waals surface area contributed by atoms with Crippen molar-refractivity contribution in [2.24, 2.45) is 5.92 Å². The van der Waals surface area contributed by atoms with Gasteiger partial charge in [0.1, 0.15) is 0 Å². The molecule has 0 aromatic heterocycles. The minimum Gasteiger partial charge on any atom is -0.394 e. The van der Waals surface area contributed by atoms with Gasteiger partial charge in [-0.05, 0) is 30.5 Å². The van der Waals surface area contributed by atoms with Gasteiger partial charge in [-0.3, -0.25) is 9.59 Å². The predicted octanol–water partition coefficient (Wildman–Crippen LogP) is 1.70. The van der Waals surface area contributed by atoms with Gasteiger partial charge in [0, 0.05) is 10.0 Å². The average Bonchev–Trinajstić information content (AvgIpc) is 2.43. The third-order valence-corrected chi connectivity index (χ3v) is 3.33. The van der Waals surface area contributed by atoms with E-state index in [0.29, 0.717) is 17.9 Å². The van der Waals surface area contributed by atoms with Gasteiger partial charge in [-0.25, -0.2) is 0 Å². The maximum absolute atomic E-state index is 11.9. The first-order valence-electron chi connectivity index (χ1n) is 6.86. The van der Waals surface area contributed by atoms with Crippen LogP contribution in [0.4, 0.5) is 0 Å². The Morgan fingerprint density at radius 2 is 2.05 bits per heavy atom. The summed E-state index contributed by atoms with van der Waals surface area (Å²) in [6.45, 7) is 3.82. The van der Waals surface area contributed by atoms with Crippen LogP contribution in [0.5, 0.6) is 0 Å². The molecule has 0 aliphatic carbocycles. The molecule has 0 saturated heterocycles. The number of rotatable bonds is 7. The zero-order chi connectivity index (χ0) is 15.8. The number of hydrogen-bond acceptors (Lipinski definition) is 3. The summed E-state index contributed by atoms with van der Waals surface area (Å²) in [5.41, 5.74) is 0.484. The number of amides is 2. The van der Waals surface area contributed by atoms with Crippen LogP contribution in [0.25, 0.3) is 0 Å². The van der Waals surface area contributed by atoms with E-state index in [1.165, 1.54) is 0 Å². The fraction of sp³-hybridized carbons (Fsp3) is 0.467. The van der Waals surface area contributed by atoms with Gasteiger partial charge in [0.15, 0.2) is 0 Å². The van der Waals surface area contributed by atoms with E-state index in [-0.39, 0.29) is 31.0 Å². The molecule has 0 heterocycles. The Hall–Kier alpha value is -1.40. The molecule has 1 rings (SSSR count). The van der Waals surface area contributed by atoms with Crippen molar-refractivity contribution in [3.63, 3.8) is 0 Å². The Bertz CT molecular complexity index is 492. The second kappa shape index (κ2) is 8.79. The summed E-state index contributed by atoms with van der Waals surface area (Å²) in [5.74, 6) is -0.243. The van der Waals surface area contributed by atoms with Gasteiger partial charge < -0.3 is 15.7 Å². The quantitative estimate of drug-likeness (QED) is 0.695. The number of carbonyl (C=O) groups excluding carboxylic acids is 2. The van der Waals surface area contributed by atoms with E-state index in [1.54, 1.807) is 18.2 Å². The van der Waals surface area contributed by atoms with Crippen molar-refractivity contribution < 1.29 is 14.7 Å². The highest BCUT2D eigenvalue weighted by Gasteiger charge is 2.14. The standard InChI is InChI=1S/C15H21BrN2O3/c1-10(2)6-13(9-19)18-14(20)8-17-15(21)11-4-3-5-12(16)7-11/h3-5,7,10,13,19H,6,8-9H2,1-2H3,(H,17,21)(H,18,20). The third-order valence-electron chi connectivity index (χ3n) is 2.84. The molecular formula is C15H21BrN2O3. The summed E-state index contributed by atoms with van der Waals surface area (Å²) in [6, 6.07) is 6.65. The highest BCUT2D eigenvalue weighted by Crippen LogP contribution is 2.11. The van der Waals surface area contributed by atoms with Crippen molar-refractivity contribution in [2.75, 3.05) is 13.2 Å². The Balaban J connectivity index is 2.43. The van der Waals surface area contributed by atoms with Crippen LogP contribution in [-0.2, 0) is 4.79 Å². The zero-order valence-corrected chi connectivity index (χ0v) is 13.8. The van der Waals surface area contributed by atoms with Gasteiger partial charge in [0.2, 0.25) is 5.91 Å². The summed E-state index contributed by atoms with van der Waals surface area (Å²) in [5, 5.41) is 14.5. The van der Waals surface area contributed by atoms with Crippen LogP contribution in [0.2, 0.25) is 0 Å². The molecule has 3 N–H and O–H groups in total. The number of hydrogen-bond donors (Lipinski definition) is 3. The smallest absolute Gasteiger partial charge is 0.251 e. The van der Waals surface area contributed by atoms with Crippen LogP contribution in [0.1, 0.15) is 30.6 Å². The van der Waals surface area contributed by atoms with E-state index in [4.69, 9.17) is 0 Å². The fourth-order valence-corrected chi connectivity index (χ4v) is 2.32. The molecule has 1 atom stereocenters. The fourth-order valence-electron chi connectivity index (χ4n) is 1.92. The number of benzene rings is 1. The number of carbonyl (C=O) groups is 2. The molecule has 6 heteroatoms. The third kappa shape index (κ3) is 6.73. The summed E-state index contributed by atoms with van der Waals surface area (Å²) >= 11 is 3.29. The Morgan fingerprint density at radius 1 is 1.33 bits per heavy atom. The highest BCUT2D eigenvalue weighted by molar-refractivity contribution is 9.10. The Labute approximate surface area is 133 Å². The van der Waals surface area contributed by atoms with Crippen LogP contribution in [0.3, 0.4) is 0 Å². The van der Waals surface area contributed by atoms with Crippen LogP contribution in [0.15, 0.2) is 28.7 Å². The number of aliphatic hydroxyl groups is 1. The van der Waals surface area contributed by atoms with E-state index in [2.05, 4.69) is 26.6 Å². The van der Waals surface area contributed by atoms with E-state index >= 15 is 0 Å². The molecule has 21 heavy (non-hydrogen) atoms. The molecule has 0 fully saturated rings. The molecule has 1 unspecified atom stereocenters. The maximum Gasteiger partial charge on any atom is 0.251 e. The summed E-state index contributed by atoms with van der Waals surface area (Å²) < 4.78 is 0.803. The first kappa shape index (κ1) is 17.7. The van der Waals surface area contributed by atoms with Crippen molar-refractivity contribution in [2.45, 2.75) is 26.3 Å². The van der Waals surface area contributed by atoms with Gasteiger partial charge >= 0.3 is 0 Å². The molecule has 1 aromatic rings. The monoisotopic (exact) mass is 356 g/mol. The van der Waals surface area contributed by atoms with E-state index < -0.39 is 0 Å². The van der Waals surface area contributed by atoms with Gasteiger partial charge in [-0.1, -0.05) is 35.8 Å². The molecule has 0 saturated carbocycles. The minimum atomic E-state index is -0.309. The van der Waals surface area contributed by atoms with Crippen LogP contribution in [0, 0.1) is 5.92 Å². The molecule has 1 aromatic carbocycles. The lowest BCUT2D eigenvalue weighted by molar-refractivity contribution is -0.121. The first-order valence-corrected chi connectivity index (χ1v) is 7.65. The molecule has 116 valence electrons. The molecule has 0 radical (unpaired) electrons. The largest absolute Gasteiger partial charge is 0.394 e. The van der Waals surface area contributed by atoms with Crippen molar-refractivity contribution in [1.29, 1.82) is 0 Å². The topological polar surface area (TPSA) is 78.4 Å². The minimum absolute atomic E-state index is 0.108. The second-order valence-electron chi connectivity index (χ2n) is 5.27. The van der Waals surface area contributed by atoms with Crippen LogP contribution in [-0.4, -0.2) is 36.1 Å². The lowest BCUT2D eigenvalue weighted by Crippen LogP contribution is -2.44. The van der Waals surface area contributed by atoms with Crippen molar-refractivity contribution in [3.8, 4) is 0 Å². The van der Waals surface area contributed by atoms with Gasteiger partial charge in [0.25, 0.3) is 5.91 Å². The van der Waals surface area contributed by atoms with Crippen LogP contribution >= 0.6 is 15.9 Å². The molecule has 5 nitrogen and oxygen atoms in total. The van der Waals surface area contributed by atoms with Crippen LogP contribution < -0.4 is 10.6 Å². The van der Waals surface area contributed by atoms with Gasteiger partial charge in [-0.2, -0.15) is 0 Å². The highest BCUT2D eigenvalue weighted by atomic mass is 79.9. The second-order valence-corrected chi connectivity index (χ2v) is 6.19. The summed E-state index contributed by atoms with van der Waals surface area (Å²) in [6.07, 6.45) is 0.696. The zero-order valence-electron chi connectivity index (χ0n) is 12.2. The molecule has 0 spiro atoms. The maximum atomic E-state index is 11.9. The number of nitrogens with one attached hydrogen (secondary N) is 2. The lowest BCUT2D eigenvalue weighted by Gasteiger charge is -2.18. The summed E-state index contributed by atoms with van der Waals surface area (Å²) in [7, 11) is 0. The molecule has 0 aliphatic heterocycles. The van der Waals surface area contributed by atoms with Crippen molar-refractivity contribution in [1.82, 2.24) is 10.6 Å². The van der Waals surface area contributed by atoms with E-state index in [1.807, 2.05) is 19.9 Å². The van der Waals surface area contributed by atoms with Crippen molar-refractivity contribution in [3.05, 3.63) is 34.3 Å². The molecular weight excluding hydrogens is 336 g/mol. The first-order chi connectivity index (χ1) is 9.92. The number of aliphatic hydroxyl groups excluding tert-OH is 1. The van der Waals surface area contributed by atoms with E-state index in [9.17, 15) is 14.7 Å². The summed E-state index contributed by atoms with van der Waals surface area (Å²) in [4.78, 5) is 23.6. The van der Waals surface area contributed by atoms with Crippen molar-refractivity contribution >= 4 is 27.7 Å². The molecule has 0 bridgehead atoms. The predicted molar refractivity (Wildman–Crippen MR) is 84.9 cm³/mol. The molecule has 2 amide bonds. The Kier molecular flexibility index (Phi) is 7.39. The van der Waals surface area contributed by atoms with Gasteiger partial charge in [-0.15, -0.1) is 0 Å². The normalized spacial score (nSPS) is 12.0. The average molecular weight is 357 g/mol. The van der Waals surface area contributed by atoms with Gasteiger partial charge in [0.05, 0.1) is 19.2 Å².